The van der Waals surface area contributed by atoms with Crippen LogP contribution >= 0.6 is 0 Å². The number of fused-ring (bicyclic) bond motifs is 1. The van der Waals surface area contributed by atoms with Gasteiger partial charge in [-0.25, -0.2) is 0 Å². The van der Waals surface area contributed by atoms with Gasteiger partial charge in [-0.3, -0.25) is 14.7 Å². The summed E-state index contributed by atoms with van der Waals surface area (Å²) in [6, 6.07) is 16.9. The summed E-state index contributed by atoms with van der Waals surface area (Å²) >= 11 is 0. The van der Waals surface area contributed by atoms with Gasteiger partial charge in [0, 0.05) is 18.9 Å². The quantitative estimate of drug-likeness (QED) is 0.748. The van der Waals surface area contributed by atoms with E-state index in [4.69, 9.17) is 0 Å². The average Bonchev–Trinajstić information content (AvgIpc) is 2.70. The Bertz CT molecular complexity index is 964. The van der Waals surface area contributed by atoms with Gasteiger partial charge in [-0.2, -0.15) is 0 Å². The highest BCUT2D eigenvalue weighted by Crippen LogP contribution is 2.37. The fourth-order valence-electron chi connectivity index (χ4n) is 4.28. The molecule has 2 unspecified atom stereocenters. The first-order valence-corrected chi connectivity index (χ1v) is 9.50. The van der Waals surface area contributed by atoms with Gasteiger partial charge in [0.15, 0.2) is 0 Å². The summed E-state index contributed by atoms with van der Waals surface area (Å²) in [5, 5.41) is 12.0. The number of aliphatic carboxylic acids is 1. The van der Waals surface area contributed by atoms with E-state index >= 15 is 0 Å². The Morgan fingerprint density at radius 3 is 2.78 bits per heavy atom. The van der Waals surface area contributed by atoms with Crippen molar-refractivity contribution in [2.45, 2.75) is 25.8 Å². The zero-order chi connectivity index (χ0) is 18.8. The van der Waals surface area contributed by atoms with E-state index in [1.807, 2.05) is 12.4 Å². The predicted molar refractivity (Wildman–Crippen MR) is 107 cm³/mol. The van der Waals surface area contributed by atoms with Crippen LogP contribution in [0.25, 0.3) is 10.8 Å². The van der Waals surface area contributed by atoms with Crippen LogP contribution in [0.15, 0.2) is 60.9 Å². The first-order valence-electron chi connectivity index (χ1n) is 9.50. The van der Waals surface area contributed by atoms with Crippen molar-refractivity contribution in [3.05, 3.63) is 77.6 Å². The van der Waals surface area contributed by atoms with Crippen LogP contribution in [0.2, 0.25) is 0 Å². The van der Waals surface area contributed by atoms with Crippen molar-refractivity contribution in [2.75, 3.05) is 13.1 Å². The third-order valence-corrected chi connectivity index (χ3v) is 5.64. The van der Waals surface area contributed by atoms with Crippen LogP contribution in [0.3, 0.4) is 0 Å². The van der Waals surface area contributed by atoms with Crippen LogP contribution in [-0.2, 0) is 4.79 Å². The van der Waals surface area contributed by atoms with Gasteiger partial charge in [0.25, 0.3) is 0 Å². The molecule has 0 radical (unpaired) electrons. The zero-order valence-corrected chi connectivity index (χ0v) is 15.5. The molecule has 27 heavy (non-hydrogen) atoms. The number of hydrogen-bond acceptors (Lipinski definition) is 3. The molecule has 1 aliphatic rings. The molecule has 1 saturated heterocycles. The number of nitrogens with zero attached hydrogens (tertiary/aromatic N) is 2. The van der Waals surface area contributed by atoms with Crippen LogP contribution in [0.4, 0.5) is 0 Å². The standard InChI is InChI=1S/C23H24N2O2/c1-16-14-24-12-11-19(16)22(25-13-5-8-18(15-25)23(26)27)21-10-4-7-17-6-2-3-9-20(17)21/h2-4,6-7,9-12,14,18,22H,5,8,13,15H2,1H3,(H,26,27). The maximum absolute atomic E-state index is 11.6. The second-order valence-electron chi connectivity index (χ2n) is 7.38. The van der Waals surface area contributed by atoms with Gasteiger partial charge in [-0.1, -0.05) is 42.5 Å². The largest absolute Gasteiger partial charge is 0.481 e. The SMILES string of the molecule is Cc1cnccc1C(c1cccc2ccccc12)N1CCCC(C(=O)O)C1. The molecule has 0 aliphatic carbocycles. The molecule has 4 rings (SSSR count). The van der Waals surface area contributed by atoms with Gasteiger partial charge in [-0.05, 0) is 59.8 Å². The number of rotatable bonds is 4. The highest BCUT2D eigenvalue weighted by atomic mass is 16.4. The topological polar surface area (TPSA) is 53.4 Å². The molecule has 0 amide bonds. The molecule has 2 atom stereocenters. The molecule has 2 aromatic carbocycles. The van der Waals surface area contributed by atoms with E-state index in [1.165, 1.54) is 21.9 Å². The number of carbonyl (C=O) groups is 1. The first-order chi connectivity index (χ1) is 13.1. The van der Waals surface area contributed by atoms with Gasteiger partial charge >= 0.3 is 5.97 Å². The van der Waals surface area contributed by atoms with Gasteiger partial charge in [0.1, 0.15) is 0 Å². The Kier molecular flexibility index (Phi) is 4.90. The van der Waals surface area contributed by atoms with E-state index in [0.717, 1.165) is 24.9 Å². The number of carboxylic acid groups (broad SMARTS) is 1. The fraction of sp³-hybridized carbons (Fsp3) is 0.304. The van der Waals surface area contributed by atoms with Crippen LogP contribution in [0.1, 0.15) is 35.6 Å². The van der Waals surface area contributed by atoms with Gasteiger partial charge in [0.05, 0.1) is 12.0 Å². The molecule has 0 spiro atoms. The lowest BCUT2D eigenvalue weighted by Gasteiger charge is -2.38. The monoisotopic (exact) mass is 360 g/mol. The Morgan fingerprint density at radius 1 is 1.15 bits per heavy atom. The smallest absolute Gasteiger partial charge is 0.307 e. The maximum Gasteiger partial charge on any atom is 0.307 e. The highest BCUT2D eigenvalue weighted by molar-refractivity contribution is 5.86. The van der Waals surface area contributed by atoms with Crippen molar-refractivity contribution in [3.63, 3.8) is 0 Å². The van der Waals surface area contributed by atoms with Crippen molar-refractivity contribution in [3.8, 4) is 0 Å². The Hall–Kier alpha value is -2.72. The number of piperidine rings is 1. The zero-order valence-electron chi connectivity index (χ0n) is 15.5. The highest BCUT2D eigenvalue weighted by Gasteiger charge is 2.32. The minimum absolute atomic E-state index is 0.0289. The van der Waals surface area contributed by atoms with E-state index in [-0.39, 0.29) is 12.0 Å². The van der Waals surface area contributed by atoms with Crippen LogP contribution < -0.4 is 0 Å². The van der Waals surface area contributed by atoms with Crippen LogP contribution in [0.5, 0.6) is 0 Å². The lowest BCUT2D eigenvalue weighted by molar-refractivity contribution is -0.143. The molecule has 4 nitrogen and oxygen atoms in total. The van der Waals surface area contributed by atoms with Crippen LogP contribution in [0, 0.1) is 12.8 Å². The normalized spacial score (nSPS) is 19.1. The number of benzene rings is 2. The van der Waals surface area contributed by atoms with Gasteiger partial charge in [-0.15, -0.1) is 0 Å². The van der Waals surface area contributed by atoms with E-state index in [2.05, 4.69) is 65.3 Å². The molecular weight excluding hydrogens is 336 g/mol. The molecule has 2 heterocycles. The molecule has 4 heteroatoms. The van der Waals surface area contributed by atoms with Crippen molar-refractivity contribution in [1.29, 1.82) is 0 Å². The summed E-state index contributed by atoms with van der Waals surface area (Å²) in [5.74, 6) is -0.999. The second kappa shape index (κ2) is 7.49. The summed E-state index contributed by atoms with van der Waals surface area (Å²) in [6.45, 7) is 3.56. The average molecular weight is 360 g/mol. The van der Waals surface area contributed by atoms with E-state index < -0.39 is 5.97 Å². The molecule has 1 aromatic heterocycles. The molecule has 3 aromatic rings. The molecular formula is C23H24N2O2. The van der Waals surface area contributed by atoms with Crippen LogP contribution in [-0.4, -0.2) is 34.0 Å². The van der Waals surface area contributed by atoms with Crippen molar-refractivity contribution in [1.82, 2.24) is 9.88 Å². The molecule has 1 N–H and O–H groups in total. The number of hydrogen-bond donors (Lipinski definition) is 1. The summed E-state index contributed by atoms with van der Waals surface area (Å²) in [6.07, 6.45) is 5.39. The van der Waals surface area contributed by atoms with E-state index in [1.54, 1.807) is 0 Å². The molecule has 138 valence electrons. The third-order valence-electron chi connectivity index (χ3n) is 5.64. The minimum Gasteiger partial charge on any atom is -0.481 e. The number of pyridine rings is 1. The van der Waals surface area contributed by atoms with E-state index in [0.29, 0.717) is 6.54 Å². The van der Waals surface area contributed by atoms with Crippen molar-refractivity contribution < 1.29 is 9.90 Å². The summed E-state index contributed by atoms with van der Waals surface area (Å²) in [7, 11) is 0. The first kappa shape index (κ1) is 17.7. The third kappa shape index (κ3) is 3.45. The number of aromatic nitrogens is 1. The fourth-order valence-corrected chi connectivity index (χ4v) is 4.28. The molecule has 1 aliphatic heterocycles. The summed E-state index contributed by atoms with van der Waals surface area (Å²) in [4.78, 5) is 18.2. The Morgan fingerprint density at radius 2 is 1.96 bits per heavy atom. The summed E-state index contributed by atoms with van der Waals surface area (Å²) in [5.41, 5.74) is 3.56. The Balaban J connectivity index is 1.86. The van der Waals surface area contributed by atoms with Gasteiger partial charge in [0.2, 0.25) is 0 Å². The number of carboxylic acids is 1. The van der Waals surface area contributed by atoms with Gasteiger partial charge < -0.3 is 5.11 Å². The lowest BCUT2D eigenvalue weighted by Crippen LogP contribution is -2.41. The number of aryl methyl sites for hydroxylation is 1. The maximum atomic E-state index is 11.6. The minimum atomic E-state index is -0.692. The van der Waals surface area contributed by atoms with Crippen molar-refractivity contribution in [2.24, 2.45) is 5.92 Å². The number of likely N-dealkylation sites (tertiary alicyclic amines) is 1. The summed E-state index contributed by atoms with van der Waals surface area (Å²) < 4.78 is 0. The van der Waals surface area contributed by atoms with Crippen molar-refractivity contribution >= 4 is 16.7 Å². The molecule has 1 fully saturated rings. The Labute approximate surface area is 159 Å². The van der Waals surface area contributed by atoms with E-state index in [9.17, 15) is 9.90 Å². The molecule has 0 saturated carbocycles. The predicted octanol–water partition coefficient (Wildman–Crippen LogP) is 4.43. The second-order valence-corrected chi connectivity index (χ2v) is 7.38. The lowest BCUT2D eigenvalue weighted by atomic mass is 9.88. The molecule has 0 bridgehead atoms.